The third kappa shape index (κ3) is 1.74. The third-order valence-corrected chi connectivity index (χ3v) is 6.80. The highest BCUT2D eigenvalue weighted by Gasteiger charge is 2.69. The van der Waals surface area contributed by atoms with Gasteiger partial charge in [0.1, 0.15) is 11.9 Å². The van der Waals surface area contributed by atoms with E-state index in [1.807, 2.05) is 6.92 Å². The van der Waals surface area contributed by atoms with E-state index in [0.717, 1.165) is 0 Å². The predicted octanol–water partition coefficient (Wildman–Crippen LogP) is 2.96. The minimum absolute atomic E-state index is 0.0230. The Labute approximate surface area is 149 Å². The number of hydrogen-bond acceptors (Lipinski definition) is 4. The van der Waals surface area contributed by atoms with Gasteiger partial charge in [-0.05, 0) is 73.0 Å². The van der Waals surface area contributed by atoms with E-state index in [1.165, 1.54) is 6.07 Å². The highest BCUT2D eigenvalue weighted by atomic mass is 16.7. The molecule has 2 saturated carbocycles. The summed E-state index contributed by atoms with van der Waals surface area (Å²) in [6.45, 7) is 2.83. The fourth-order valence-corrected chi connectivity index (χ4v) is 5.67. The molecule has 130 valence electrons. The van der Waals surface area contributed by atoms with Crippen molar-refractivity contribution < 1.29 is 26.5 Å². The van der Waals surface area contributed by atoms with Crippen LogP contribution in [0.25, 0.3) is 0 Å². The fraction of sp³-hybridized carbons (Fsp3) is 0.700. The van der Waals surface area contributed by atoms with Gasteiger partial charge in [-0.15, -0.1) is 0 Å². The van der Waals surface area contributed by atoms with Crippen LogP contribution in [0.2, 0.25) is 0 Å². The van der Waals surface area contributed by atoms with Gasteiger partial charge in [-0.3, -0.25) is 0 Å². The van der Waals surface area contributed by atoms with Crippen LogP contribution in [-0.4, -0.2) is 35.3 Å². The number of benzene rings is 1. The Morgan fingerprint density at radius 3 is 2.96 bits per heavy atom. The molecule has 1 aromatic carbocycles. The van der Waals surface area contributed by atoms with Gasteiger partial charge in [0.05, 0.1) is 16.0 Å². The lowest BCUT2D eigenvalue weighted by atomic mass is 9.55. The van der Waals surface area contributed by atoms with Crippen molar-refractivity contribution in [3.05, 3.63) is 29.3 Å². The van der Waals surface area contributed by atoms with Crippen LogP contribution < -0.4 is 0 Å². The quantitative estimate of drug-likeness (QED) is 0.765. The first-order chi connectivity index (χ1) is 13.5. The third-order valence-electron chi connectivity index (χ3n) is 6.80. The van der Waals surface area contributed by atoms with Crippen molar-refractivity contribution in [1.29, 1.82) is 0 Å². The normalized spacial score (nSPS) is 50.8. The van der Waals surface area contributed by atoms with Crippen LogP contribution >= 0.6 is 0 Å². The zero-order valence-electron chi connectivity index (χ0n) is 18.8. The molecular weight excluding hydrogens is 304 g/mol. The largest absolute Gasteiger partial charge is 0.508 e. The number of phenolic OH excluding ortho intramolecular Hbond substituents is 1. The van der Waals surface area contributed by atoms with Gasteiger partial charge in [0.2, 0.25) is 0 Å². The Morgan fingerprint density at radius 2 is 2.17 bits per heavy atom. The molecule has 4 aliphatic rings. The van der Waals surface area contributed by atoms with Gasteiger partial charge in [-0.2, -0.15) is 0 Å². The summed E-state index contributed by atoms with van der Waals surface area (Å²) in [5, 5.41) is 21.0. The number of hydrogen-bond donors (Lipinski definition) is 2. The highest BCUT2D eigenvalue weighted by molar-refractivity contribution is 5.40. The highest BCUT2D eigenvalue weighted by Crippen LogP contribution is 2.66. The molecule has 24 heavy (non-hydrogen) atoms. The predicted molar refractivity (Wildman–Crippen MR) is 88.7 cm³/mol. The van der Waals surface area contributed by atoms with Crippen LogP contribution in [0.1, 0.15) is 56.5 Å². The maximum absolute atomic E-state index is 10.9. The molecule has 0 bridgehead atoms. The molecule has 5 rings (SSSR count). The second-order valence-corrected chi connectivity index (χ2v) is 7.70. The van der Waals surface area contributed by atoms with E-state index in [0.29, 0.717) is 38.0 Å². The van der Waals surface area contributed by atoms with E-state index in [9.17, 15) is 11.6 Å². The van der Waals surface area contributed by atoms with E-state index < -0.39 is 41.2 Å². The molecule has 3 aliphatic carbocycles. The maximum Gasteiger partial charge on any atom is 0.200 e. The van der Waals surface area contributed by atoms with E-state index in [1.54, 1.807) is 0 Å². The number of phenols is 1. The molecule has 0 radical (unpaired) electrons. The molecule has 4 nitrogen and oxygen atoms in total. The molecule has 0 aromatic heterocycles. The molecule has 2 N–H and O–H groups in total. The first-order valence-corrected chi connectivity index (χ1v) is 8.78. The number of aliphatic hydroxyl groups excluding tert-OH is 1. The molecular formula is C20H26O4. The molecule has 1 aromatic rings. The molecule has 5 atom stereocenters. The Hall–Kier alpha value is -1.10. The summed E-state index contributed by atoms with van der Waals surface area (Å²) in [4.78, 5) is 0. The zero-order chi connectivity index (χ0) is 21.0. The topological polar surface area (TPSA) is 58.9 Å². The Balaban J connectivity index is 1.68. The summed E-state index contributed by atoms with van der Waals surface area (Å²) < 4.78 is 54.9. The van der Waals surface area contributed by atoms with Gasteiger partial charge in [0, 0.05) is 9.53 Å². The number of rotatable bonds is 0. The second kappa shape index (κ2) is 4.96. The van der Waals surface area contributed by atoms with E-state index in [-0.39, 0.29) is 30.0 Å². The van der Waals surface area contributed by atoms with Crippen molar-refractivity contribution in [2.24, 2.45) is 17.3 Å². The minimum Gasteiger partial charge on any atom is -0.508 e. The average molecular weight is 335 g/mol. The van der Waals surface area contributed by atoms with Crippen LogP contribution in [0.5, 0.6) is 5.75 Å². The van der Waals surface area contributed by atoms with Crippen molar-refractivity contribution in [2.45, 2.75) is 56.8 Å². The Bertz CT molecular complexity index is 886. The van der Waals surface area contributed by atoms with E-state index in [4.69, 9.17) is 15.0 Å². The number of fused-ring (bicyclic) bond motifs is 6. The van der Waals surface area contributed by atoms with Gasteiger partial charge in [0.25, 0.3) is 0 Å². The van der Waals surface area contributed by atoms with Gasteiger partial charge in [-0.25, -0.2) is 0 Å². The van der Waals surface area contributed by atoms with Crippen molar-refractivity contribution in [3.63, 3.8) is 0 Å². The molecule has 1 aliphatic heterocycles. The summed E-state index contributed by atoms with van der Waals surface area (Å²) in [5.74, 6) is -3.45. The summed E-state index contributed by atoms with van der Waals surface area (Å²) >= 11 is 0. The molecule has 4 heteroatoms. The van der Waals surface area contributed by atoms with Crippen LogP contribution in [0.3, 0.4) is 0 Å². The van der Waals surface area contributed by atoms with Crippen LogP contribution in [0.15, 0.2) is 18.2 Å². The first-order valence-electron chi connectivity index (χ1n) is 11.3. The summed E-state index contributed by atoms with van der Waals surface area (Å²) in [7, 11) is 0. The lowest BCUT2D eigenvalue weighted by Gasteiger charge is -2.52. The van der Waals surface area contributed by atoms with Crippen LogP contribution in [0.4, 0.5) is 0 Å². The summed E-state index contributed by atoms with van der Waals surface area (Å²) in [5.41, 5.74) is -0.185. The van der Waals surface area contributed by atoms with Crippen molar-refractivity contribution in [1.82, 2.24) is 0 Å². The standard InChI is InChI=1S/C20H26O4/c1-19-7-6-15-14-5-3-13(21)10-12(14)2-4-16(15)17(19)11-18(22)20(19)23-8-9-24-20/h3,5,10,15-18,21-22H,2,4,6-9,11H2,1H3/t15-,16-,17+,18-,19+/m0/s1/i2D2,3D,10D,15D. The summed E-state index contributed by atoms with van der Waals surface area (Å²) in [6.07, 6.45) is -1.42. The van der Waals surface area contributed by atoms with E-state index >= 15 is 0 Å². The number of aromatic hydroxyl groups is 1. The first kappa shape index (κ1) is 10.8. The van der Waals surface area contributed by atoms with Gasteiger partial charge in [-0.1, -0.05) is 13.0 Å². The van der Waals surface area contributed by atoms with Gasteiger partial charge < -0.3 is 19.7 Å². The molecule has 0 amide bonds. The van der Waals surface area contributed by atoms with Crippen LogP contribution in [0, 0.1) is 17.3 Å². The molecule has 1 heterocycles. The van der Waals surface area contributed by atoms with Crippen molar-refractivity contribution in [2.75, 3.05) is 13.2 Å². The molecule has 0 unspecified atom stereocenters. The van der Waals surface area contributed by atoms with Gasteiger partial charge in [0.15, 0.2) is 5.79 Å². The second-order valence-electron chi connectivity index (χ2n) is 7.70. The fourth-order valence-electron chi connectivity index (χ4n) is 5.67. The average Bonchev–Trinajstić information content (AvgIpc) is 3.22. The number of aliphatic hydroxyl groups is 1. The van der Waals surface area contributed by atoms with Crippen molar-refractivity contribution >= 4 is 0 Å². The Kier molecular flexibility index (Phi) is 2.23. The molecule has 1 saturated heterocycles. The zero-order valence-corrected chi connectivity index (χ0v) is 13.8. The lowest BCUT2D eigenvalue weighted by molar-refractivity contribution is -0.270. The smallest absolute Gasteiger partial charge is 0.200 e. The molecule has 3 fully saturated rings. The number of ether oxygens (including phenoxy) is 2. The maximum atomic E-state index is 10.9. The molecule has 1 spiro atoms. The lowest BCUT2D eigenvalue weighted by Crippen LogP contribution is -2.54. The summed E-state index contributed by atoms with van der Waals surface area (Å²) in [6, 6.07) is 0.725. The SMILES string of the molecule is [2H]c1cc2c(c([2H])c1O)C([2H])([2H])C[C@@H]1[C@H]3C[C@H](O)C4(OCCO4)[C@]3(C)CC[C@@]21[2H]. The Morgan fingerprint density at radius 1 is 1.38 bits per heavy atom. The minimum atomic E-state index is -1.91. The van der Waals surface area contributed by atoms with E-state index in [2.05, 4.69) is 0 Å². The van der Waals surface area contributed by atoms with Crippen LogP contribution in [-0.2, 0) is 15.8 Å². The van der Waals surface area contributed by atoms with Crippen molar-refractivity contribution in [3.8, 4) is 5.75 Å². The monoisotopic (exact) mass is 335 g/mol. The van der Waals surface area contributed by atoms with Gasteiger partial charge >= 0.3 is 0 Å².